The lowest BCUT2D eigenvalue weighted by Crippen LogP contribution is -1.92. The van der Waals surface area contributed by atoms with Gasteiger partial charge in [-0.25, -0.2) is 0 Å². The third-order valence-electron chi connectivity index (χ3n) is 2.73. The van der Waals surface area contributed by atoms with Gasteiger partial charge >= 0.3 is 0 Å². The number of thiophene rings is 2. The number of aryl methyl sites for hydroxylation is 1. The molecule has 2 rings (SSSR count). The van der Waals surface area contributed by atoms with Gasteiger partial charge in [-0.15, -0.1) is 22.7 Å². The van der Waals surface area contributed by atoms with Gasteiger partial charge in [0.1, 0.15) is 10.9 Å². The molecule has 0 aliphatic rings. The number of rotatable bonds is 3. The Balaban J connectivity index is 2.59. The largest absolute Gasteiger partial charge is 0.397 e. The molecule has 2 heterocycles. The highest BCUT2D eigenvalue weighted by molar-refractivity contribution is 9.11. The molecule has 0 radical (unpaired) electrons. The summed E-state index contributed by atoms with van der Waals surface area (Å²) < 4.78 is 1.14. The molecule has 0 unspecified atom stereocenters. The molecule has 0 bridgehead atoms. The van der Waals surface area contributed by atoms with Crippen LogP contribution in [-0.4, -0.2) is 0 Å². The van der Waals surface area contributed by atoms with Gasteiger partial charge in [-0.1, -0.05) is 13.3 Å². The Hall–Kier alpha value is -0.830. The van der Waals surface area contributed by atoms with E-state index in [2.05, 4.69) is 41.9 Å². The Morgan fingerprint density at radius 3 is 2.67 bits per heavy atom. The maximum atomic E-state index is 9.11. The summed E-state index contributed by atoms with van der Waals surface area (Å²) in [6.07, 6.45) is 1.96. The molecule has 0 spiro atoms. The number of nitriles is 1. The number of anilines is 1. The smallest absolute Gasteiger partial charge is 0.128 e. The molecule has 0 aliphatic carbocycles. The van der Waals surface area contributed by atoms with E-state index >= 15 is 0 Å². The number of halogens is 1. The van der Waals surface area contributed by atoms with Crippen molar-refractivity contribution in [1.82, 2.24) is 0 Å². The molecule has 2 aromatic heterocycles. The third kappa shape index (κ3) is 2.33. The second kappa shape index (κ2) is 5.43. The molecule has 0 amide bonds. The molecule has 0 aliphatic heterocycles. The predicted molar refractivity (Wildman–Crippen MR) is 83.2 cm³/mol. The molecule has 0 saturated heterocycles. The number of nitrogens with zero attached hydrogens (tertiary/aromatic N) is 1. The lowest BCUT2D eigenvalue weighted by molar-refractivity contribution is 0.930. The van der Waals surface area contributed by atoms with Gasteiger partial charge in [0.2, 0.25) is 0 Å². The summed E-state index contributed by atoms with van der Waals surface area (Å²) in [6, 6.07) is 4.35. The minimum atomic E-state index is 0.635. The van der Waals surface area contributed by atoms with E-state index in [4.69, 9.17) is 11.0 Å². The molecule has 0 aromatic carbocycles. The summed E-state index contributed by atoms with van der Waals surface area (Å²) in [6.45, 7) is 4.20. The van der Waals surface area contributed by atoms with Gasteiger partial charge in [0.25, 0.3) is 0 Å². The number of hydrogen-bond donors (Lipinski definition) is 1. The van der Waals surface area contributed by atoms with Crippen LogP contribution in [0, 0.1) is 18.3 Å². The summed E-state index contributed by atoms with van der Waals surface area (Å²) >= 11 is 6.75. The average molecular weight is 341 g/mol. The maximum Gasteiger partial charge on any atom is 0.128 e. The number of nitrogen functional groups attached to an aromatic ring is 1. The zero-order valence-corrected chi connectivity index (χ0v) is 13.4. The summed E-state index contributed by atoms with van der Waals surface area (Å²) in [4.78, 5) is 2.99. The lowest BCUT2D eigenvalue weighted by atomic mass is 10.1. The van der Waals surface area contributed by atoms with E-state index in [0.717, 1.165) is 27.1 Å². The van der Waals surface area contributed by atoms with Gasteiger partial charge in [0.05, 0.1) is 14.4 Å². The SMILES string of the molecule is CCCc1c(-c2cc(C)c(Br)s2)sc(C#N)c1N. The topological polar surface area (TPSA) is 49.8 Å². The second-order valence-corrected chi connectivity index (χ2v) is 7.47. The van der Waals surface area contributed by atoms with Gasteiger partial charge in [0, 0.05) is 4.88 Å². The average Bonchev–Trinajstić information content (AvgIpc) is 2.83. The third-order valence-corrected chi connectivity index (χ3v) is 6.20. The molecule has 0 saturated carbocycles. The van der Waals surface area contributed by atoms with E-state index in [1.807, 2.05) is 0 Å². The molecule has 2 aromatic rings. The quantitative estimate of drug-likeness (QED) is 0.858. The van der Waals surface area contributed by atoms with Crippen LogP contribution in [0.25, 0.3) is 9.75 Å². The summed E-state index contributed by atoms with van der Waals surface area (Å²) in [5.41, 5.74) is 9.09. The standard InChI is InChI=1S/C13H13BrN2S2/c1-3-4-8-11(16)10(6-15)17-12(8)9-5-7(2)13(14)18-9/h5H,3-4,16H2,1-2H3. The van der Waals surface area contributed by atoms with Crippen molar-refractivity contribution in [3.05, 3.63) is 25.9 Å². The first-order valence-electron chi connectivity index (χ1n) is 5.66. The summed E-state index contributed by atoms with van der Waals surface area (Å²) in [5, 5.41) is 9.11. The predicted octanol–water partition coefficient (Wildman–Crippen LogP) is 4.95. The van der Waals surface area contributed by atoms with Gasteiger partial charge in [-0.2, -0.15) is 5.26 Å². The van der Waals surface area contributed by atoms with Crippen molar-refractivity contribution in [3.8, 4) is 15.8 Å². The van der Waals surface area contributed by atoms with Gasteiger partial charge in [-0.05, 0) is 46.5 Å². The first-order valence-corrected chi connectivity index (χ1v) is 8.08. The van der Waals surface area contributed by atoms with Crippen molar-refractivity contribution in [2.75, 3.05) is 5.73 Å². The van der Waals surface area contributed by atoms with E-state index in [0.29, 0.717) is 10.6 Å². The van der Waals surface area contributed by atoms with Crippen LogP contribution in [0.3, 0.4) is 0 Å². The highest BCUT2D eigenvalue weighted by Gasteiger charge is 2.18. The van der Waals surface area contributed by atoms with E-state index in [9.17, 15) is 0 Å². The van der Waals surface area contributed by atoms with Crippen LogP contribution in [0.15, 0.2) is 9.85 Å². The van der Waals surface area contributed by atoms with Crippen molar-refractivity contribution >= 4 is 44.3 Å². The Morgan fingerprint density at radius 1 is 1.44 bits per heavy atom. The molecule has 0 atom stereocenters. The second-order valence-electron chi connectivity index (χ2n) is 4.08. The molecular weight excluding hydrogens is 328 g/mol. The molecule has 2 nitrogen and oxygen atoms in total. The van der Waals surface area contributed by atoms with Crippen molar-refractivity contribution in [2.45, 2.75) is 26.7 Å². The lowest BCUT2D eigenvalue weighted by Gasteiger charge is -2.01. The Labute approximate surface area is 123 Å². The fraction of sp³-hybridized carbons (Fsp3) is 0.308. The monoisotopic (exact) mass is 340 g/mol. The maximum absolute atomic E-state index is 9.11. The van der Waals surface area contributed by atoms with E-state index in [-0.39, 0.29) is 0 Å². The zero-order valence-electron chi connectivity index (χ0n) is 10.2. The summed E-state index contributed by atoms with van der Waals surface area (Å²) in [5.74, 6) is 0. The van der Waals surface area contributed by atoms with Crippen LogP contribution in [0.1, 0.15) is 29.3 Å². The van der Waals surface area contributed by atoms with Gasteiger partial charge < -0.3 is 5.73 Å². The first kappa shape index (κ1) is 13.6. The van der Waals surface area contributed by atoms with Crippen LogP contribution >= 0.6 is 38.6 Å². The van der Waals surface area contributed by atoms with Crippen molar-refractivity contribution in [1.29, 1.82) is 5.26 Å². The molecule has 94 valence electrons. The van der Waals surface area contributed by atoms with Crippen LogP contribution in [0.2, 0.25) is 0 Å². The number of hydrogen-bond acceptors (Lipinski definition) is 4. The first-order chi connectivity index (χ1) is 8.58. The van der Waals surface area contributed by atoms with E-state index in [1.165, 1.54) is 21.8 Å². The Morgan fingerprint density at radius 2 is 2.17 bits per heavy atom. The molecule has 2 N–H and O–H groups in total. The molecule has 0 fully saturated rings. The number of nitrogens with two attached hydrogens (primary N) is 1. The fourth-order valence-corrected chi connectivity index (χ4v) is 4.56. The normalized spacial score (nSPS) is 10.6. The fourth-order valence-electron chi connectivity index (χ4n) is 1.83. The Kier molecular flexibility index (Phi) is 4.10. The van der Waals surface area contributed by atoms with E-state index in [1.54, 1.807) is 11.3 Å². The minimum Gasteiger partial charge on any atom is -0.397 e. The van der Waals surface area contributed by atoms with Gasteiger partial charge in [-0.3, -0.25) is 0 Å². The molecular formula is C13H13BrN2S2. The zero-order chi connectivity index (χ0) is 13.3. The van der Waals surface area contributed by atoms with Crippen LogP contribution < -0.4 is 5.73 Å². The van der Waals surface area contributed by atoms with Gasteiger partial charge in [0.15, 0.2) is 0 Å². The van der Waals surface area contributed by atoms with Crippen molar-refractivity contribution < 1.29 is 0 Å². The molecule has 5 heteroatoms. The molecule has 18 heavy (non-hydrogen) atoms. The highest BCUT2D eigenvalue weighted by Crippen LogP contribution is 2.44. The van der Waals surface area contributed by atoms with Crippen molar-refractivity contribution in [2.24, 2.45) is 0 Å². The van der Waals surface area contributed by atoms with Crippen molar-refractivity contribution in [3.63, 3.8) is 0 Å². The van der Waals surface area contributed by atoms with Crippen LogP contribution in [-0.2, 0) is 6.42 Å². The Bertz CT molecular complexity index is 600. The summed E-state index contributed by atoms with van der Waals surface area (Å²) in [7, 11) is 0. The van der Waals surface area contributed by atoms with Crippen LogP contribution in [0.5, 0.6) is 0 Å². The minimum absolute atomic E-state index is 0.635. The van der Waals surface area contributed by atoms with E-state index < -0.39 is 0 Å². The highest BCUT2D eigenvalue weighted by atomic mass is 79.9. The van der Waals surface area contributed by atoms with Crippen LogP contribution in [0.4, 0.5) is 5.69 Å².